The van der Waals surface area contributed by atoms with Crippen molar-refractivity contribution >= 4 is 17.3 Å². The fraction of sp³-hybridized carbons (Fsp3) is 0.167. The normalized spacial score (nSPS) is 10.3. The first-order valence-electron chi connectivity index (χ1n) is 5.40. The van der Waals surface area contributed by atoms with Gasteiger partial charge in [0.25, 0.3) is 11.6 Å². The summed E-state index contributed by atoms with van der Waals surface area (Å²) in [6.45, 7) is 3.56. The number of benzene rings is 1. The number of aromatic nitrogens is 2. The van der Waals surface area contributed by atoms with Gasteiger partial charge < -0.3 is 4.74 Å². The molecule has 0 aliphatic carbocycles. The molecular formula is C12H10ClN3O3. The van der Waals surface area contributed by atoms with Crippen LogP contribution in [0.25, 0.3) is 0 Å². The molecule has 1 heterocycles. The Morgan fingerprint density at radius 3 is 2.63 bits per heavy atom. The lowest BCUT2D eigenvalue weighted by atomic mass is 10.3. The molecule has 98 valence electrons. The van der Waals surface area contributed by atoms with E-state index in [-0.39, 0.29) is 22.5 Å². The first kappa shape index (κ1) is 13.2. The summed E-state index contributed by atoms with van der Waals surface area (Å²) in [5.41, 5.74) is 1.33. The van der Waals surface area contributed by atoms with E-state index in [1.165, 1.54) is 18.2 Å². The molecule has 0 spiro atoms. The lowest BCUT2D eigenvalue weighted by molar-refractivity contribution is -0.384. The zero-order valence-electron chi connectivity index (χ0n) is 10.3. The lowest BCUT2D eigenvalue weighted by Gasteiger charge is -2.07. The van der Waals surface area contributed by atoms with Gasteiger partial charge in [-0.3, -0.25) is 10.1 Å². The molecule has 19 heavy (non-hydrogen) atoms. The van der Waals surface area contributed by atoms with Crippen LogP contribution in [0.15, 0.2) is 24.3 Å². The number of nitrogens with zero attached hydrogens (tertiary/aromatic N) is 3. The third-order valence-electron chi connectivity index (χ3n) is 2.48. The van der Waals surface area contributed by atoms with E-state index in [1.807, 2.05) is 0 Å². The van der Waals surface area contributed by atoms with Crippen LogP contribution in [-0.4, -0.2) is 14.9 Å². The molecule has 0 N–H and O–H groups in total. The lowest BCUT2D eigenvalue weighted by Crippen LogP contribution is -1.97. The van der Waals surface area contributed by atoms with Gasteiger partial charge in [-0.05, 0) is 19.9 Å². The Kier molecular flexibility index (Phi) is 3.62. The van der Waals surface area contributed by atoms with Crippen molar-refractivity contribution in [3.63, 3.8) is 0 Å². The fourth-order valence-corrected chi connectivity index (χ4v) is 1.60. The Morgan fingerprint density at radius 2 is 1.95 bits per heavy atom. The maximum absolute atomic E-state index is 10.7. The summed E-state index contributed by atoms with van der Waals surface area (Å²) in [5, 5.41) is 10.8. The molecule has 0 amide bonds. The maximum atomic E-state index is 10.7. The van der Waals surface area contributed by atoms with Gasteiger partial charge in [0.15, 0.2) is 5.15 Å². The molecule has 0 saturated carbocycles. The average molecular weight is 280 g/mol. The topological polar surface area (TPSA) is 78.2 Å². The molecule has 7 heteroatoms. The monoisotopic (exact) mass is 279 g/mol. The summed E-state index contributed by atoms with van der Waals surface area (Å²) >= 11 is 5.92. The summed E-state index contributed by atoms with van der Waals surface area (Å²) in [4.78, 5) is 18.4. The molecule has 0 atom stereocenters. The smallest absolute Gasteiger partial charge is 0.273 e. The molecule has 1 aromatic heterocycles. The van der Waals surface area contributed by atoms with Gasteiger partial charge in [0.05, 0.1) is 22.4 Å². The average Bonchev–Trinajstić information content (AvgIpc) is 2.36. The van der Waals surface area contributed by atoms with Gasteiger partial charge in [-0.2, -0.15) is 0 Å². The number of rotatable bonds is 3. The Hall–Kier alpha value is -2.21. The van der Waals surface area contributed by atoms with Gasteiger partial charge in [0.1, 0.15) is 5.75 Å². The highest BCUT2D eigenvalue weighted by atomic mass is 35.5. The van der Waals surface area contributed by atoms with Crippen LogP contribution in [0.4, 0.5) is 5.69 Å². The minimum atomic E-state index is -0.499. The van der Waals surface area contributed by atoms with Gasteiger partial charge >= 0.3 is 0 Å². The summed E-state index contributed by atoms with van der Waals surface area (Å²) in [6.07, 6.45) is 0. The van der Waals surface area contributed by atoms with E-state index in [2.05, 4.69) is 9.97 Å². The van der Waals surface area contributed by atoms with Crippen LogP contribution in [0.2, 0.25) is 5.15 Å². The minimum Gasteiger partial charge on any atom is -0.436 e. The number of non-ortho nitro benzene ring substituents is 1. The summed E-state index contributed by atoms with van der Waals surface area (Å²) < 4.78 is 5.43. The highest BCUT2D eigenvalue weighted by molar-refractivity contribution is 6.30. The van der Waals surface area contributed by atoms with Crippen LogP contribution in [0.3, 0.4) is 0 Å². The first-order chi connectivity index (χ1) is 8.97. The number of nitro groups is 1. The molecule has 0 saturated heterocycles. The third kappa shape index (κ3) is 2.97. The number of hydrogen-bond acceptors (Lipinski definition) is 5. The summed E-state index contributed by atoms with van der Waals surface area (Å²) in [5.74, 6) is 0.416. The van der Waals surface area contributed by atoms with Crippen LogP contribution < -0.4 is 4.74 Å². The van der Waals surface area contributed by atoms with Gasteiger partial charge in [0.2, 0.25) is 0 Å². The van der Waals surface area contributed by atoms with Gasteiger partial charge in [-0.1, -0.05) is 17.7 Å². The van der Waals surface area contributed by atoms with Crippen molar-refractivity contribution in [2.45, 2.75) is 13.8 Å². The number of hydrogen-bond donors (Lipinski definition) is 0. The van der Waals surface area contributed by atoms with E-state index >= 15 is 0 Å². The van der Waals surface area contributed by atoms with Crippen LogP contribution in [0.5, 0.6) is 11.6 Å². The van der Waals surface area contributed by atoms with Crippen LogP contribution in [0, 0.1) is 24.0 Å². The molecule has 0 unspecified atom stereocenters. The predicted molar refractivity (Wildman–Crippen MR) is 69.7 cm³/mol. The van der Waals surface area contributed by atoms with E-state index in [0.29, 0.717) is 11.4 Å². The second kappa shape index (κ2) is 5.19. The Balaban J connectivity index is 2.33. The number of aryl methyl sites for hydroxylation is 2. The molecular weight excluding hydrogens is 270 g/mol. The standard InChI is InChI=1S/C12H10ClN3O3/c1-7-8(2)15-12(11(13)14-7)19-10-5-3-4-9(6-10)16(17)18/h3-6H,1-2H3. The molecule has 0 aliphatic rings. The fourth-order valence-electron chi connectivity index (χ4n) is 1.39. The van der Waals surface area contributed by atoms with Crippen molar-refractivity contribution in [1.82, 2.24) is 9.97 Å². The molecule has 0 fully saturated rings. The summed E-state index contributed by atoms with van der Waals surface area (Å²) in [6, 6.07) is 5.78. The zero-order valence-corrected chi connectivity index (χ0v) is 11.0. The quantitative estimate of drug-likeness (QED) is 0.635. The van der Waals surface area contributed by atoms with Crippen molar-refractivity contribution in [3.8, 4) is 11.6 Å². The number of ether oxygens (including phenoxy) is 1. The molecule has 0 radical (unpaired) electrons. The molecule has 6 nitrogen and oxygen atoms in total. The third-order valence-corrected chi connectivity index (χ3v) is 2.72. The molecule has 2 rings (SSSR count). The summed E-state index contributed by atoms with van der Waals surface area (Å²) in [7, 11) is 0. The van der Waals surface area contributed by atoms with Crippen molar-refractivity contribution in [3.05, 3.63) is 50.9 Å². The van der Waals surface area contributed by atoms with Crippen molar-refractivity contribution in [2.75, 3.05) is 0 Å². The molecule has 2 aromatic rings. The SMILES string of the molecule is Cc1nc(Cl)c(Oc2cccc([N+](=O)[O-])c2)nc1C. The van der Waals surface area contributed by atoms with Gasteiger partial charge in [0, 0.05) is 6.07 Å². The van der Waals surface area contributed by atoms with Crippen molar-refractivity contribution in [1.29, 1.82) is 0 Å². The van der Waals surface area contributed by atoms with Crippen molar-refractivity contribution < 1.29 is 9.66 Å². The molecule has 1 aromatic carbocycles. The largest absolute Gasteiger partial charge is 0.436 e. The van der Waals surface area contributed by atoms with E-state index < -0.39 is 4.92 Å². The highest BCUT2D eigenvalue weighted by Crippen LogP contribution is 2.28. The second-order valence-electron chi connectivity index (χ2n) is 3.85. The highest BCUT2D eigenvalue weighted by Gasteiger charge is 2.12. The van der Waals surface area contributed by atoms with Gasteiger partial charge in [-0.15, -0.1) is 0 Å². The second-order valence-corrected chi connectivity index (χ2v) is 4.20. The first-order valence-corrected chi connectivity index (χ1v) is 5.78. The Bertz CT molecular complexity index is 646. The Labute approximate surface area is 114 Å². The van der Waals surface area contributed by atoms with Crippen LogP contribution in [-0.2, 0) is 0 Å². The minimum absolute atomic E-state index is 0.0644. The molecule has 0 bridgehead atoms. The maximum Gasteiger partial charge on any atom is 0.273 e. The number of halogens is 1. The predicted octanol–water partition coefficient (Wildman–Crippen LogP) is 3.45. The zero-order chi connectivity index (χ0) is 14.0. The van der Waals surface area contributed by atoms with E-state index in [1.54, 1.807) is 19.9 Å². The van der Waals surface area contributed by atoms with E-state index in [4.69, 9.17) is 16.3 Å². The van der Waals surface area contributed by atoms with Crippen LogP contribution >= 0.6 is 11.6 Å². The van der Waals surface area contributed by atoms with Crippen molar-refractivity contribution in [2.24, 2.45) is 0 Å². The van der Waals surface area contributed by atoms with Crippen LogP contribution in [0.1, 0.15) is 11.4 Å². The molecule has 0 aliphatic heterocycles. The Morgan fingerprint density at radius 1 is 1.26 bits per heavy atom. The van der Waals surface area contributed by atoms with Gasteiger partial charge in [-0.25, -0.2) is 9.97 Å². The number of nitro benzene ring substituents is 1. The van der Waals surface area contributed by atoms with E-state index in [0.717, 1.165) is 0 Å². The van der Waals surface area contributed by atoms with E-state index in [9.17, 15) is 10.1 Å².